The number of hydrogen-bond acceptors (Lipinski definition) is 5. The third kappa shape index (κ3) is 2.54. The Bertz CT molecular complexity index is 331. The van der Waals surface area contributed by atoms with E-state index in [0.717, 1.165) is 42.5 Å². The minimum Gasteiger partial charge on any atom is -0.346 e. The third-order valence-electron chi connectivity index (χ3n) is 2.60. The van der Waals surface area contributed by atoms with Gasteiger partial charge in [-0.25, -0.2) is 4.98 Å². The zero-order valence-electron chi connectivity index (χ0n) is 8.85. The number of likely N-dealkylation sites (N-methyl/N-ethyl adjacent to an activating group) is 1. The highest BCUT2D eigenvalue weighted by molar-refractivity contribution is 7.15. The van der Waals surface area contributed by atoms with Crippen molar-refractivity contribution in [2.75, 3.05) is 38.1 Å². The monoisotopic (exact) mass is 225 g/mol. The zero-order valence-corrected chi connectivity index (χ0v) is 9.66. The summed E-state index contributed by atoms with van der Waals surface area (Å²) in [5.41, 5.74) is 0. The molecule has 0 amide bonds. The Morgan fingerprint density at radius 1 is 1.47 bits per heavy atom. The summed E-state index contributed by atoms with van der Waals surface area (Å²) in [5, 5.41) is 1.06. The number of anilines is 1. The molecule has 2 heterocycles. The first kappa shape index (κ1) is 10.6. The molecule has 0 atom stereocenters. The van der Waals surface area contributed by atoms with E-state index in [1.54, 1.807) is 11.3 Å². The summed E-state index contributed by atoms with van der Waals surface area (Å²) in [6.45, 7) is 4.24. The van der Waals surface area contributed by atoms with Crippen LogP contribution < -0.4 is 4.90 Å². The van der Waals surface area contributed by atoms with Crippen LogP contribution >= 0.6 is 11.3 Å². The Hall–Kier alpha value is -0.940. The second-order valence-corrected chi connectivity index (χ2v) is 4.86. The van der Waals surface area contributed by atoms with Crippen LogP contribution in [0.15, 0.2) is 6.20 Å². The van der Waals surface area contributed by atoms with Gasteiger partial charge in [-0.1, -0.05) is 0 Å². The summed E-state index contributed by atoms with van der Waals surface area (Å²) in [6.07, 6.45) is 3.24. The van der Waals surface area contributed by atoms with E-state index in [-0.39, 0.29) is 0 Å². The van der Waals surface area contributed by atoms with Gasteiger partial charge in [0.1, 0.15) is 6.29 Å². The predicted octanol–water partition coefficient (Wildman–Crippen LogP) is 0.636. The molecular weight excluding hydrogens is 210 g/mol. The summed E-state index contributed by atoms with van der Waals surface area (Å²) in [4.78, 5) is 20.4. The quantitative estimate of drug-likeness (QED) is 0.707. The van der Waals surface area contributed by atoms with E-state index in [2.05, 4.69) is 21.8 Å². The maximum atomic E-state index is 10.4. The van der Waals surface area contributed by atoms with Crippen LogP contribution in [-0.4, -0.2) is 49.4 Å². The first-order chi connectivity index (χ1) is 7.29. The molecule has 0 N–H and O–H groups in total. The van der Waals surface area contributed by atoms with E-state index < -0.39 is 0 Å². The van der Waals surface area contributed by atoms with Crippen LogP contribution in [0.1, 0.15) is 4.88 Å². The van der Waals surface area contributed by atoms with Gasteiger partial charge < -0.3 is 14.6 Å². The third-order valence-corrected chi connectivity index (χ3v) is 3.68. The second kappa shape index (κ2) is 4.72. The molecule has 0 bridgehead atoms. The van der Waals surface area contributed by atoms with Crippen molar-refractivity contribution < 1.29 is 4.79 Å². The number of rotatable bonds is 3. The van der Waals surface area contributed by atoms with Crippen molar-refractivity contribution in [1.82, 2.24) is 9.88 Å². The Balaban J connectivity index is 1.99. The lowest BCUT2D eigenvalue weighted by Crippen LogP contribution is -2.44. The fourth-order valence-corrected chi connectivity index (χ4v) is 2.53. The van der Waals surface area contributed by atoms with Gasteiger partial charge in [0, 0.05) is 43.7 Å². The summed E-state index contributed by atoms with van der Waals surface area (Å²) < 4.78 is 0. The number of piperazine rings is 1. The van der Waals surface area contributed by atoms with Gasteiger partial charge in [-0.05, 0) is 7.05 Å². The van der Waals surface area contributed by atoms with Crippen LogP contribution in [0.4, 0.5) is 5.13 Å². The van der Waals surface area contributed by atoms with E-state index in [1.165, 1.54) is 0 Å². The van der Waals surface area contributed by atoms with Crippen LogP contribution in [0.2, 0.25) is 0 Å². The molecule has 82 valence electrons. The normalized spacial score (nSPS) is 18.1. The molecular formula is C10H15N3OS. The fourth-order valence-electron chi connectivity index (χ4n) is 1.62. The average molecular weight is 225 g/mol. The van der Waals surface area contributed by atoms with Crippen LogP contribution in [0.25, 0.3) is 0 Å². The molecule has 4 nitrogen and oxygen atoms in total. The van der Waals surface area contributed by atoms with Gasteiger partial charge in [-0.15, -0.1) is 11.3 Å². The molecule has 15 heavy (non-hydrogen) atoms. The smallest absolute Gasteiger partial charge is 0.185 e. The average Bonchev–Trinajstić information content (AvgIpc) is 2.68. The highest BCUT2D eigenvalue weighted by atomic mass is 32.1. The van der Waals surface area contributed by atoms with Crippen LogP contribution in [0.5, 0.6) is 0 Å². The molecule has 1 fully saturated rings. The first-order valence-corrected chi connectivity index (χ1v) is 5.93. The SMILES string of the molecule is CN1CCN(c2ncc(CC=O)s2)CC1. The number of thiazole rings is 1. The van der Waals surface area contributed by atoms with Gasteiger partial charge in [0.05, 0.1) is 0 Å². The molecule has 5 heteroatoms. The summed E-state index contributed by atoms with van der Waals surface area (Å²) in [7, 11) is 2.14. The Labute approximate surface area is 93.5 Å². The van der Waals surface area contributed by atoms with Gasteiger partial charge in [-0.2, -0.15) is 0 Å². The van der Waals surface area contributed by atoms with Crippen molar-refractivity contribution in [1.29, 1.82) is 0 Å². The molecule has 0 aromatic carbocycles. The maximum Gasteiger partial charge on any atom is 0.185 e. The number of hydrogen-bond donors (Lipinski definition) is 0. The van der Waals surface area contributed by atoms with Crippen molar-refractivity contribution in [3.63, 3.8) is 0 Å². The van der Waals surface area contributed by atoms with Crippen LogP contribution in [0, 0.1) is 0 Å². The fraction of sp³-hybridized carbons (Fsp3) is 0.600. The molecule has 1 aliphatic heterocycles. The lowest BCUT2D eigenvalue weighted by atomic mass is 10.3. The predicted molar refractivity (Wildman–Crippen MR) is 61.6 cm³/mol. The van der Waals surface area contributed by atoms with Gasteiger partial charge in [0.15, 0.2) is 5.13 Å². The molecule has 0 radical (unpaired) electrons. The Kier molecular flexibility index (Phi) is 3.33. The minimum absolute atomic E-state index is 0.491. The number of carbonyl (C=O) groups excluding carboxylic acids is 1. The van der Waals surface area contributed by atoms with Crippen molar-refractivity contribution in [3.8, 4) is 0 Å². The largest absolute Gasteiger partial charge is 0.346 e. The van der Waals surface area contributed by atoms with Gasteiger partial charge in [0.2, 0.25) is 0 Å². The molecule has 1 aliphatic rings. The molecule has 0 aliphatic carbocycles. The van der Waals surface area contributed by atoms with E-state index in [9.17, 15) is 4.79 Å². The summed E-state index contributed by atoms with van der Waals surface area (Å²) in [5.74, 6) is 0. The van der Waals surface area contributed by atoms with Crippen molar-refractivity contribution in [3.05, 3.63) is 11.1 Å². The molecule has 2 rings (SSSR count). The molecule has 0 saturated carbocycles. The van der Waals surface area contributed by atoms with Crippen molar-refractivity contribution >= 4 is 22.8 Å². The molecule has 1 aromatic heterocycles. The maximum absolute atomic E-state index is 10.4. The standard InChI is InChI=1S/C10H15N3OS/c1-12-3-5-13(6-4-12)10-11-8-9(15-10)2-7-14/h7-8H,2-6H2,1H3. The molecule has 0 unspecified atom stereocenters. The van der Waals surface area contributed by atoms with Crippen LogP contribution in [0.3, 0.4) is 0 Å². The Morgan fingerprint density at radius 3 is 2.87 bits per heavy atom. The lowest BCUT2D eigenvalue weighted by molar-refractivity contribution is -0.107. The summed E-state index contributed by atoms with van der Waals surface area (Å²) in [6, 6.07) is 0. The number of carbonyl (C=O) groups is 1. The zero-order chi connectivity index (χ0) is 10.7. The Morgan fingerprint density at radius 2 is 2.20 bits per heavy atom. The second-order valence-electron chi connectivity index (χ2n) is 3.77. The van der Waals surface area contributed by atoms with Crippen molar-refractivity contribution in [2.45, 2.75) is 6.42 Å². The van der Waals surface area contributed by atoms with Crippen molar-refractivity contribution in [2.24, 2.45) is 0 Å². The van der Waals surface area contributed by atoms with Gasteiger partial charge in [-0.3, -0.25) is 0 Å². The van der Waals surface area contributed by atoms with E-state index in [1.807, 2.05) is 6.20 Å². The number of nitrogens with zero attached hydrogens (tertiary/aromatic N) is 3. The van der Waals surface area contributed by atoms with E-state index in [4.69, 9.17) is 0 Å². The highest BCUT2D eigenvalue weighted by Gasteiger charge is 2.16. The minimum atomic E-state index is 0.491. The molecule has 1 saturated heterocycles. The van der Waals surface area contributed by atoms with E-state index >= 15 is 0 Å². The first-order valence-electron chi connectivity index (χ1n) is 5.11. The van der Waals surface area contributed by atoms with Gasteiger partial charge in [0.25, 0.3) is 0 Å². The molecule has 0 spiro atoms. The number of aldehydes is 1. The van der Waals surface area contributed by atoms with Gasteiger partial charge >= 0.3 is 0 Å². The van der Waals surface area contributed by atoms with Crippen LogP contribution in [-0.2, 0) is 11.2 Å². The molecule has 1 aromatic rings. The summed E-state index contributed by atoms with van der Waals surface area (Å²) >= 11 is 1.63. The lowest BCUT2D eigenvalue weighted by Gasteiger charge is -2.32. The number of aromatic nitrogens is 1. The highest BCUT2D eigenvalue weighted by Crippen LogP contribution is 2.23. The van der Waals surface area contributed by atoms with E-state index in [0.29, 0.717) is 6.42 Å². The topological polar surface area (TPSA) is 36.4 Å².